The molecule has 2 aromatic heterocycles. The van der Waals surface area contributed by atoms with E-state index in [1.165, 1.54) is 23.0 Å². The Bertz CT molecular complexity index is 1170. The summed E-state index contributed by atoms with van der Waals surface area (Å²) in [6.07, 6.45) is 2.75. The molecule has 0 bridgehead atoms. The van der Waals surface area contributed by atoms with E-state index >= 15 is 0 Å². The van der Waals surface area contributed by atoms with Crippen LogP contribution in [0.2, 0.25) is 0 Å². The van der Waals surface area contributed by atoms with Crippen molar-refractivity contribution in [3.05, 3.63) is 65.5 Å². The molecule has 3 aromatic rings. The fourth-order valence-corrected chi connectivity index (χ4v) is 3.66. The number of benzene rings is 1. The van der Waals surface area contributed by atoms with Gasteiger partial charge in [0.05, 0.1) is 11.1 Å². The van der Waals surface area contributed by atoms with Gasteiger partial charge in [0.2, 0.25) is 5.91 Å². The van der Waals surface area contributed by atoms with Gasteiger partial charge in [0.25, 0.3) is 5.56 Å². The highest BCUT2D eigenvalue weighted by Gasteiger charge is 2.24. The maximum atomic E-state index is 14.3. The molecule has 0 spiro atoms. The first kappa shape index (κ1) is 18.8. The molecule has 29 heavy (non-hydrogen) atoms. The van der Waals surface area contributed by atoms with Gasteiger partial charge in [0.1, 0.15) is 17.7 Å². The van der Waals surface area contributed by atoms with Crippen molar-refractivity contribution >= 4 is 22.8 Å². The number of fused-ring (bicyclic) bond motifs is 1. The van der Waals surface area contributed by atoms with Crippen molar-refractivity contribution in [2.24, 2.45) is 7.05 Å². The molecule has 0 N–H and O–H groups in total. The van der Waals surface area contributed by atoms with Crippen molar-refractivity contribution in [2.75, 3.05) is 31.1 Å². The maximum absolute atomic E-state index is 14.3. The largest absolute Gasteiger partial charge is 0.351 e. The number of aromatic nitrogens is 3. The number of rotatable bonds is 3. The number of halogens is 1. The van der Waals surface area contributed by atoms with Crippen molar-refractivity contribution in [1.82, 2.24) is 19.4 Å². The second kappa shape index (κ2) is 7.46. The Morgan fingerprint density at radius 1 is 1.14 bits per heavy atom. The fourth-order valence-electron chi connectivity index (χ4n) is 3.66. The molecule has 4 rings (SSSR count). The molecule has 8 heteroatoms. The predicted molar refractivity (Wildman–Crippen MR) is 109 cm³/mol. The number of aryl methyl sites for hydroxylation is 1. The Labute approximate surface area is 166 Å². The molecule has 148 valence electrons. The summed E-state index contributed by atoms with van der Waals surface area (Å²) in [5.74, 6) is 0.0701. The molecule has 7 nitrogen and oxygen atoms in total. The van der Waals surface area contributed by atoms with Crippen LogP contribution >= 0.6 is 0 Å². The molecule has 0 atom stereocenters. The Balaban J connectivity index is 1.78. The van der Waals surface area contributed by atoms with E-state index in [2.05, 4.69) is 16.5 Å². The van der Waals surface area contributed by atoms with Gasteiger partial charge < -0.3 is 14.4 Å². The van der Waals surface area contributed by atoms with Gasteiger partial charge in [-0.1, -0.05) is 24.8 Å². The van der Waals surface area contributed by atoms with Crippen LogP contribution in [0.3, 0.4) is 0 Å². The lowest BCUT2D eigenvalue weighted by atomic mass is 10.1. The highest BCUT2D eigenvalue weighted by Crippen LogP contribution is 2.27. The van der Waals surface area contributed by atoms with Crippen LogP contribution in [0.25, 0.3) is 22.2 Å². The number of carbonyl (C=O) groups excluding carboxylic acids is 1. The van der Waals surface area contributed by atoms with Gasteiger partial charge in [-0.15, -0.1) is 0 Å². The van der Waals surface area contributed by atoms with Crippen molar-refractivity contribution in [2.45, 2.75) is 0 Å². The average molecular weight is 393 g/mol. The molecule has 0 saturated carbocycles. The summed E-state index contributed by atoms with van der Waals surface area (Å²) in [5, 5.41) is 0. The van der Waals surface area contributed by atoms with E-state index in [0.717, 1.165) is 0 Å². The summed E-state index contributed by atoms with van der Waals surface area (Å²) in [6, 6.07) is 7.79. The van der Waals surface area contributed by atoms with Gasteiger partial charge in [-0.2, -0.15) is 0 Å². The third-order valence-corrected chi connectivity index (χ3v) is 5.21. The number of hydrogen-bond donors (Lipinski definition) is 0. The zero-order valence-corrected chi connectivity index (χ0v) is 16.0. The smallest absolute Gasteiger partial charge is 0.258 e. The second-order valence-electron chi connectivity index (χ2n) is 6.85. The summed E-state index contributed by atoms with van der Waals surface area (Å²) in [6.45, 7) is 5.76. The van der Waals surface area contributed by atoms with E-state index in [1.807, 2.05) is 4.90 Å². The van der Waals surface area contributed by atoms with Gasteiger partial charge >= 0.3 is 0 Å². The van der Waals surface area contributed by atoms with Crippen LogP contribution in [-0.2, 0) is 11.8 Å². The molecule has 3 heterocycles. The topological polar surface area (TPSA) is 71.3 Å². The summed E-state index contributed by atoms with van der Waals surface area (Å²) < 4.78 is 15.7. The number of pyridine rings is 1. The lowest BCUT2D eigenvalue weighted by Crippen LogP contribution is -2.48. The highest BCUT2D eigenvalue weighted by atomic mass is 19.1. The first-order valence-corrected chi connectivity index (χ1v) is 9.27. The average Bonchev–Trinajstić information content (AvgIpc) is 2.76. The number of hydrogen-bond acceptors (Lipinski definition) is 5. The first-order chi connectivity index (χ1) is 14.0. The van der Waals surface area contributed by atoms with E-state index < -0.39 is 5.82 Å². The number of piperazine rings is 1. The Morgan fingerprint density at radius 2 is 1.86 bits per heavy atom. The summed E-state index contributed by atoms with van der Waals surface area (Å²) in [7, 11) is 1.64. The lowest BCUT2D eigenvalue weighted by Gasteiger charge is -2.35. The number of amides is 1. The molecule has 0 aliphatic carbocycles. The predicted octanol–water partition coefficient (Wildman–Crippen LogP) is 1.97. The number of nitrogens with zero attached hydrogens (tertiary/aromatic N) is 5. The molecule has 1 amide bonds. The quantitative estimate of drug-likeness (QED) is 0.637. The minimum atomic E-state index is -0.457. The third-order valence-electron chi connectivity index (χ3n) is 5.21. The maximum Gasteiger partial charge on any atom is 0.258 e. The van der Waals surface area contributed by atoms with E-state index in [0.29, 0.717) is 43.0 Å². The van der Waals surface area contributed by atoms with Crippen LogP contribution in [0.4, 0.5) is 10.2 Å². The molecule has 1 fully saturated rings. The number of anilines is 1. The zero-order chi connectivity index (χ0) is 20.5. The molecule has 1 saturated heterocycles. The molecule has 1 aromatic carbocycles. The van der Waals surface area contributed by atoms with Crippen LogP contribution in [0, 0.1) is 5.82 Å². The fraction of sp³-hybridized carbons (Fsp3) is 0.238. The molecular weight excluding hydrogens is 373 g/mol. The van der Waals surface area contributed by atoms with Crippen molar-refractivity contribution < 1.29 is 9.18 Å². The Kier molecular flexibility index (Phi) is 4.84. The minimum absolute atomic E-state index is 0.0980. The minimum Gasteiger partial charge on any atom is -0.351 e. The molecule has 1 aliphatic rings. The van der Waals surface area contributed by atoms with Crippen LogP contribution in [0.5, 0.6) is 0 Å². The van der Waals surface area contributed by atoms with E-state index in [4.69, 9.17) is 0 Å². The normalized spacial score (nSPS) is 14.3. The monoisotopic (exact) mass is 393 g/mol. The van der Waals surface area contributed by atoms with Gasteiger partial charge in [0, 0.05) is 38.8 Å². The van der Waals surface area contributed by atoms with Gasteiger partial charge in [0.15, 0.2) is 5.82 Å². The summed E-state index contributed by atoms with van der Waals surface area (Å²) >= 11 is 0. The van der Waals surface area contributed by atoms with E-state index in [1.54, 1.807) is 36.2 Å². The lowest BCUT2D eigenvalue weighted by molar-refractivity contribution is -0.126. The zero-order valence-electron chi connectivity index (χ0n) is 16.0. The highest BCUT2D eigenvalue weighted by molar-refractivity contribution is 5.90. The van der Waals surface area contributed by atoms with Gasteiger partial charge in [-0.3, -0.25) is 9.59 Å². The third kappa shape index (κ3) is 3.26. The van der Waals surface area contributed by atoms with Gasteiger partial charge in [-0.05, 0) is 18.2 Å². The van der Waals surface area contributed by atoms with Gasteiger partial charge in [-0.25, -0.2) is 14.4 Å². The molecule has 0 unspecified atom stereocenters. The molecule has 1 aliphatic heterocycles. The second-order valence-corrected chi connectivity index (χ2v) is 6.85. The van der Waals surface area contributed by atoms with E-state index in [-0.39, 0.29) is 22.6 Å². The summed E-state index contributed by atoms with van der Waals surface area (Å²) in [5.41, 5.74) is 1.32. The van der Waals surface area contributed by atoms with Crippen molar-refractivity contribution in [3.8, 4) is 11.1 Å². The molecular formula is C21H20FN5O2. The van der Waals surface area contributed by atoms with Crippen LogP contribution < -0.4 is 10.5 Å². The van der Waals surface area contributed by atoms with Crippen LogP contribution in [0.1, 0.15) is 0 Å². The van der Waals surface area contributed by atoms with Crippen molar-refractivity contribution in [1.29, 1.82) is 0 Å². The summed E-state index contributed by atoms with van der Waals surface area (Å²) in [4.78, 5) is 37.3. The molecule has 0 radical (unpaired) electrons. The Morgan fingerprint density at radius 3 is 2.55 bits per heavy atom. The van der Waals surface area contributed by atoms with Crippen LogP contribution in [-0.4, -0.2) is 51.5 Å². The van der Waals surface area contributed by atoms with Crippen LogP contribution in [0.15, 0.2) is 54.1 Å². The standard InChI is InChI=1S/C21H20FN5O2/c1-3-18(28)26-8-10-27(11-9-26)20-19-17(23-13-24-20)12-15(21(29)25(19)2)14-6-4-5-7-16(14)22/h3-7,12-13H,1,8-11H2,2H3. The first-order valence-electron chi connectivity index (χ1n) is 9.27. The van der Waals surface area contributed by atoms with E-state index in [9.17, 15) is 14.0 Å². The SMILES string of the molecule is C=CC(=O)N1CCN(c2ncnc3cc(-c4ccccc4F)c(=O)n(C)c23)CC1. The number of carbonyl (C=O) groups is 1. The Hall–Kier alpha value is -3.55. The van der Waals surface area contributed by atoms with Crippen molar-refractivity contribution in [3.63, 3.8) is 0 Å².